The van der Waals surface area contributed by atoms with Gasteiger partial charge in [-0.25, -0.2) is 0 Å². The fourth-order valence-electron chi connectivity index (χ4n) is 1.03. The number of aliphatic imine (C=N–C) groups is 1. The van der Waals surface area contributed by atoms with Crippen LogP contribution in [0, 0.1) is 6.92 Å². The van der Waals surface area contributed by atoms with Crippen molar-refractivity contribution in [2.75, 3.05) is 6.61 Å². The quantitative estimate of drug-likeness (QED) is 0.715. The molecule has 0 aliphatic rings. The van der Waals surface area contributed by atoms with Gasteiger partial charge < -0.3 is 10.2 Å². The van der Waals surface area contributed by atoms with Crippen molar-refractivity contribution in [3.05, 3.63) is 29.3 Å². The van der Waals surface area contributed by atoms with Gasteiger partial charge in [-0.05, 0) is 26.0 Å². The molecule has 0 aliphatic heterocycles. The van der Waals surface area contributed by atoms with E-state index in [2.05, 4.69) is 4.99 Å². The van der Waals surface area contributed by atoms with Crippen LogP contribution in [0.2, 0.25) is 0 Å². The molecule has 0 saturated heterocycles. The van der Waals surface area contributed by atoms with Crippen LogP contribution in [0.5, 0.6) is 5.75 Å². The van der Waals surface area contributed by atoms with Gasteiger partial charge in [-0.1, -0.05) is 11.6 Å². The summed E-state index contributed by atoms with van der Waals surface area (Å²) >= 11 is 0. The van der Waals surface area contributed by atoms with Crippen molar-refractivity contribution in [3.8, 4) is 5.75 Å². The van der Waals surface area contributed by atoms with Gasteiger partial charge >= 0.3 is 0 Å². The van der Waals surface area contributed by atoms with Crippen molar-refractivity contribution < 1.29 is 10.2 Å². The first kappa shape index (κ1) is 10.7. The summed E-state index contributed by atoms with van der Waals surface area (Å²) < 4.78 is 0. The van der Waals surface area contributed by atoms with Gasteiger partial charge in [-0.2, -0.15) is 0 Å². The molecule has 2 N–H and O–H groups in total. The Bertz CT molecular complexity index is 334. The molecule has 76 valence electrons. The van der Waals surface area contributed by atoms with Crippen LogP contribution < -0.4 is 0 Å². The third-order valence-electron chi connectivity index (χ3n) is 1.92. The fraction of sp³-hybridized carbons (Fsp3) is 0.364. The molecule has 0 aliphatic carbocycles. The van der Waals surface area contributed by atoms with Gasteiger partial charge in [-0.3, -0.25) is 4.99 Å². The van der Waals surface area contributed by atoms with Crippen molar-refractivity contribution in [1.29, 1.82) is 0 Å². The van der Waals surface area contributed by atoms with Crippen LogP contribution in [0.1, 0.15) is 18.1 Å². The van der Waals surface area contributed by atoms with Crippen molar-refractivity contribution >= 4 is 6.21 Å². The van der Waals surface area contributed by atoms with Crippen molar-refractivity contribution in [2.45, 2.75) is 19.9 Å². The van der Waals surface area contributed by atoms with Crippen LogP contribution in [-0.2, 0) is 0 Å². The van der Waals surface area contributed by atoms with E-state index in [0.29, 0.717) is 5.56 Å². The molecular formula is C11H15NO2. The summed E-state index contributed by atoms with van der Waals surface area (Å²) in [5, 5.41) is 18.2. The molecule has 3 heteroatoms. The van der Waals surface area contributed by atoms with Gasteiger partial charge in [0.1, 0.15) is 5.75 Å². The molecule has 1 unspecified atom stereocenters. The Balaban J connectivity index is 2.85. The summed E-state index contributed by atoms with van der Waals surface area (Å²) in [7, 11) is 0. The minimum absolute atomic E-state index is 0.0169. The molecule has 14 heavy (non-hydrogen) atoms. The van der Waals surface area contributed by atoms with Crippen molar-refractivity contribution in [3.63, 3.8) is 0 Å². The van der Waals surface area contributed by atoms with Crippen LogP contribution >= 0.6 is 0 Å². The number of hydrogen-bond donors (Lipinski definition) is 2. The molecule has 3 nitrogen and oxygen atoms in total. The third-order valence-corrected chi connectivity index (χ3v) is 1.92. The molecule has 1 aromatic carbocycles. The van der Waals surface area contributed by atoms with Crippen LogP contribution in [0.15, 0.2) is 23.2 Å². The average Bonchev–Trinajstić information content (AvgIpc) is 2.19. The van der Waals surface area contributed by atoms with Gasteiger partial charge in [0, 0.05) is 11.8 Å². The highest BCUT2D eigenvalue weighted by Gasteiger charge is 1.99. The molecule has 0 bridgehead atoms. The molecule has 0 saturated carbocycles. The molecule has 1 aromatic rings. The van der Waals surface area contributed by atoms with Gasteiger partial charge in [0.2, 0.25) is 0 Å². The lowest BCUT2D eigenvalue weighted by molar-refractivity contribution is 0.275. The maximum Gasteiger partial charge on any atom is 0.124 e. The molecule has 0 spiro atoms. The third kappa shape index (κ3) is 2.85. The van der Waals surface area contributed by atoms with Gasteiger partial charge in [0.25, 0.3) is 0 Å². The maximum absolute atomic E-state index is 9.47. The second kappa shape index (κ2) is 4.77. The van der Waals surface area contributed by atoms with E-state index in [9.17, 15) is 5.11 Å². The van der Waals surface area contributed by atoms with E-state index in [1.807, 2.05) is 26.0 Å². The van der Waals surface area contributed by atoms with Crippen LogP contribution in [0.3, 0.4) is 0 Å². The normalized spacial score (nSPS) is 13.4. The zero-order valence-electron chi connectivity index (χ0n) is 8.44. The lowest BCUT2D eigenvalue weighted by atomic mass is 10.1. The van der Waals surface area contributed by atoms with Crippen LogP contribution in [-0.4, -0.2) is 29.1 Å². The monoisotopic (exact) mass is 193 g/mol. The smallest absolute Gasteiger partial charge is 0.124 e. The minimum atomic E-state index is -0.130. The summed E-state index contributed by atoms with van der Waals surface area (Å²) in [5.74, 6) is 0.212. The maximum atomic E-state index is 9.47. The summed E-state index contributed by atoms with van der Waals surface area (Å²) in [6, 6.07) is 5.20. The van der Waals surface area contributed by atoms with E-state index in [4.69, 9.17) is 5.11 Å². The van der Waals surface area contributed by atoms with Gasteiger partial charge in [-0.15, -0.1) is 0 Å². The molecule has 1 rings (SSSR count). The number of benzene rings is 1. The SMILES string of the molecule is Cc1ccc(O)c(C=NC(C)CO)c1. The zero-order chi connectivity index (χ0) is 10.6. The Morgan fingerprint density at radius 2 is 2.21 bits per heavy atom. The number of phenolic OH excluding ortho intramolecular Hbond substituents is 1. The predicted molar refractivity (Wildman–Crippen MR) is 57.0 cm³/mol. The van der Waals surface area contributed by atoms with Gasteiger partial charge in [0.05, 0.1) is 12.6 Å². The number of nitrogens with zero attached hydrogens (tertiary/aromatic N) is 1. The summed E-state index contributed by atoms with van der Waals surface area (Å²) in [6.45, 7) is 3.78. The summed E-state index contributed by atoms with van der Waals surface area (Å²) in [6.07, 6.45) is 1.59. The number of aliphatic hydroxyl groups is 1. The highest BCUT2D eigenvalue weighted by atomic mass is 16.3. The number of aromatic hydroxyl groups is 1. The first-order chi connectivity index (χ1) is 6.63. The van der Waals surface area contributed by atoms with E-state index >= 15 is 0 Å². The second-order valence-electron chi connectivity index (χ2n) is 3.37. The molecule has 0 amide bonds. The molecular weight excluding hydrogens is 178 g/mol. The lowest BCUT2D eigenvalue weighted by Gasteiger charge is -2.02. The molecule has 0 radical (unpaired) electrons. The molecule has 1 atom stereocenters. The molecule has 0 aromatic heterocycles. The van der Waals surface area contributed by atoms with Crippen molar-refractivity contribution in [1.82, 2.24) is 0 Å². The number of hydrogen-bond acceptors (Lipinski definition) is 3. The van der Waals surface area contributed by atoms with Crippen molar-refractivity contribution in [2.24, 2.45) is 4.99 Å². The van der Waals surface area contributed by atoms with E-state index in [0.717, 1.165) is 5.56 Å². The summed E-state index contributed by atoms with van der Waals surface area (Å²) in [5.41, 5.74) is 1.76. The fourth-order valence-corrected chi connectivity index (χ4v) is 1.03. The average molecular weight is 193 g/mol. The lowest BCUT2D eigenvalue weighted by Crippen LogP contribution is -2.04. The number of aryl methyl sites for hydroxylation is 1. The second-order valence-corrected chi connectivity index (χ2v) is 3.37. The number of rotatable bonds is 3. The zero-order valence-corrected chi connectivity index (χ0v) is 8.44. The van der Waals surface area contributed by atoms with Crippen LogP contribution in [0.25, 0.3) is 0 Å². The number of aliphatic hydroxyl groups excluding tert-OH is 1. The highest BCUT2D eigenvalue weighted by molar-refractivity contribution is 5.83. The minimum Gasteiger partial charge on any atom is -0.507 e. The van der Waals surface area contributed by atoms with E-state index in [1.165, 1.54) is 0 Å². The Labute approximate surface area is 83.7 Å². The first-order valence-corrected chi connectivity index (χ1v) is 4.57. The van der Waals surface area contributed by atoms with E-state index < -0.39 is 0 Å². The van der Waals surface area contributed by atoms with E-state index in [-0.39, 0.29) is 18.4 Å². The Morgan fingerprint density at radius 3 is 2.86 bits per heavy atom. The Morgan fingerprint density at radius 1 is 1.50 bits per heavy atom. The van der Waals surface area contributed by atoms with Crippen LogP contribution in [0.4, 0.5) is 0 Å². The molecule has 0 fully saturated rings. The van der Waals surface area contributed by atoms with E-state index in [1.54, 1.807) is 12.3 Å². The Kier molecular flexibility index (Phi) is 3.65. The first-order valence-electron chi connectivity index (χ1n) is 4.57. The standard InChI is InChI=1S/C11H15NO2/c1-8-3-4-11(14)10(5-8)6-12-9(2)7-13/h3-6,9,13-14H,7H2,1-2H3. The molecule has 0 heterocycles. The topological polar surface area (TPSA) is 52.8 Å². The highest BCUT2D eigenvalue weighted by Crippen LogP contribution is 2.15. The predicted octanol–water partition coefficient (Wildman–Crippen LogP) is 1.50. The van der Waals surface area contributed by atoms with Gasteiger partial charge in [0.15, 0.2) is 0 Å². The number of phenols is 1. The summed E-state index contributed by atoms with van der Waals surface area (Å²) in [4.78, 5) is 4.08. The Hall–Kier alpha value is -1.35. The largest absolute Gasteiger partial charge is 0.507 e.